The summed E-state index contributed by atoms with van der Waals surface area (Å²) >= 11 is 0. The minimum atomic E-state index is 0. The second-order valence-corrected chi connectivity index (χ2v) is 1.59. The molecule has 3 nitrogen and oxygen atoms in total. The Balaban J connectivity index is 0.000000640. The van der Waals surface area contributed by atoms with Gasteiger partial charge in [-0.1, -0.05) is 6.07 Å². The third-order valence-electron chi connectivity index (χ3n) is 0.870. The van der Waals surface area contributed by atoms with Crippen molar-refractivity contribution in [3.05, 3.63) is 24.3 Å². The Kier molecular flexibility index (Phi) is 2.54. The standard InChI is InChI=1S/C6H7NO.H3N/c7-5-2-1-3-6(8)4-5;/h1-4,8H,7H2;1H3. The summed E-state index contributed by atoms with van der Waals surface area (Å²) in [5.74, 6) is 0.213. The van der Waals surface area contributed by atoms with Crippen LogP contribution >= 0.6 is 0 Å². The summed E-state index contributed by atoms with van der Waals surface area (Å²) in [4.78, 5) is 0. The van der Waals surface area contributed by atoms with Gasteiger partial charge in [0.2, 0.25) is 0 Å². The highest BCUT2D eigenvalue weighted by molar-refractivity contribution is 5.42. The summed E-state index contributed by atoms with van der Waals surface area (Å²) < 4.78 is 0. The number of nitrogens with two attached hydrogens (primary N) is 1. The van der Waals surface area contributed by atoms with E-state index in [1.807, 2.05) is 0 Å². The molecule has 50 valence electrons. The Morgan fingerprint density at radius 1 is 1.33 bits per heavy atom. The van der Waals surface area contributed by atoms with Crippen LogP contribution in [0.2, 0.25) is 0 Å². The summed E-state index contributed by atoms with van der Waals surface area (Å²) in [6, 6.07) is 6.50. The fraction of sp³-hybridized carbons (Fsp3) is 0. The number of hydrogen-bond donors (Lipinski definition) is 3. The van der Waals surface area contributed by atoms with E-state index in [0.29, 0.717) is 5.69 Å². The van der Waals surface area contributed by atoms with Gasteiger partial charge in [-0.15, -0.1) is 0 Å². The average Bonchev–Trinajstić information content (AvgIpc) is 1.64. The smallest absolute Gasteiger partial charge is 0.117 e. The fourth-order valence-corrected chi connectivity index (χ4v) is 0.525. The van der Waals surface area contributed by atoms with Crippen molar-refractivity contribution < 1.29 is 5.11 Å². The molecule has 0 saturated carbocycles. The zero-order valence-electron chi connectivity index (χ0n) is 5.04. The lowest BCUT2D eigenvalue weighted by Gasteiger charge is -1.90. The molecule has 0 atom stereocenters. The summed E-state index contributed by atoms with van der Waals surface area (Å²) in [7, 11) is 0. The van der Waals surface area contributed by atoms with Crippen LogP contribution in [0.15, 0.2) is 24.3 Å². The maximum absolute atomic E-state index is 8.73. The molecule has 3 heteroatoms. The predicted octanol–water partition coefficient (Wildman–Crippen LogP) is 1.14. The molecule has 0 unspecified atom stereocenters. The van der Waals surface area contributed by atoms with E-state index < -0.39 is 0 Å². The Labute approximate surface area is 53.7 Å². The first-order valence-electron chi connectivity index (χ1n) is 2.33. The quantitative estimate of drug-likeness (QED) is 0.456. The van der Waals surface area contributed by atoms with Crippen LogP contribution in [0.25, 0.3) is 0 Å². The summed E-state index contributed by atoms with van der Waals surface area (Å²) in [6.07, 6.45) is 0. The van der Waals surface area contributed by atoms with E-state index >= 15 is 0 Å². The van der Waals surface area contributed by atoms with Crippen molar-refractivity contribution in [2.45, 2.75) is 0 Å². The number of aromatic hydroxyl groups is 1. The minimum Gasteiger partial charge on any atom is -0.508 e. The Hall–Kier alpha value is -1.22. The number of nitrogen functional groups attached to an aromatic ring is 1. The normalized spacial score (nSPS) is 8.00. The van der Waals surface area contributed by atoms with Crippen LogP contribution in [-0.2, 0) is 0 Å². The van der Waals surface area contributed by atoms with Gasteiger partial charge in [-0.2, -0.15) is 0 Å². The molecule has 0 bridgehead atoms. The van der Waals surface area contributed by atoms with Crippen molar-refractivity contribution in [2.75, 3.05) is 5.73 Å². The molecule has 1 aromatic rings. The maximum Gasteiger partial charge on any atom is 0.117 e. The first-order valence-corrected chi connectivity index (χ1v) is 2.33. The topological polar surface area (TPSA) is 81.2 Å². The van der Waals surface area contributed by atoms with Gasteiger partial charge in [-0.3, -0.25) is 0 Å². The third kappa shape index (κ3) is 2.01. The Morgan fingerprint density at radius 2 is 2.00 bits per heavy atom. The first kappa shape index (κ1) is 7.78. The molecule has 1 rings (SSSR count). The van der Waals surface area contributed by atoms with E-state index in [1.54, 1.807) is 18.2 Å². The fourth-order valence-electron chi connectivity index (χ4n) is 0.525. The van der Waals surface area contributed by atoms with Gasteiger partial charge in [0, 0.05) is 11.8 Å². The van der Waals surface area contributed by atoms with Crippen molar-refractivity contribution in [3.8, 4) is 5.75 Å². The molecular formula is C6H10N2O. The average molecular weight is 126 g/mol. The highest BCUT2D eigenvalue weighted by Gasteiger charge is 1.83. The largest absolute Gasteiger partial charge is 0.508 e. The summed E-state index contributed by atoms with van der Waals surface area (Å²) in [5, 5.41) is 8.73. The highest BCUT2D eigenvalue weighted by atomic mass is 16.3. The van der Waals surface area contributed by atoms with Crippen LogP contribution in [0.1, 0.15) is 0 Å². The summed E-state index contributed by atoms with van der Waals surface area (Å²) in [5.41, 5.74) is 5.89. The molecule has 0 saturated heterocycles. The van der Waals surface area contributed by atoms with Crippen molar-refractivity contribution in [3.63, 3.8) is 0 Å². The van der Waals surface area contributed by atoms with Crippen LogP contribution in [0, 0.1) is 0 Å². The van der Waals surface area contributed by atoms with Gasteiger partial charge < -0.3 is 17.0 Å². The lowest BCUT2D eigenvalue weighted by molar-refractivity contribution is 0.475. The van der Waals surface area contributed by atoms with Gasteiger partial charge in [0.25, 0.3) is 0 Å². The van der Waals surface area contributed by atoms with E-state index in [4.69, 9.17) is 10.8 Å². The zero-order valence-corrected chi connectivity index (χ0v) is 5.04. The molecule has 6 N–H and O–H groups in total. The lowest BCUT2D eigenvalue weighted by Crippen LogP contribution is -1.80. The van der Waals surface area contributed by atoms with Crippen molar-refractivity contribution in [1.82, 2.24) is 6.15 Å². The van der Waals surface area contributed by atoms with Crippen molar-refractivity contribution in [1.29, 1.82) is 0 Å². The number of rotatable bonds is 0. The van der Waals surface area contributed by atoms with Crippen molar-refractivity contribution >= 4 is 5.69 Å². The van der Waals surface area contributed by atoms with Gasteiger partial charge in [0.05, 0.1) is 0 Å². The second kappa shape index (κ2) is 2.94. The molecule has 0 radical (unpaired) electrons. The molecule has 0 aliphatic rings. The first-order chi connectivity index (χ1) is 3.79. The van der Waals surface area contributed by atoms with E-state index in [-0.39, 0.29) is 11.9 Å². The van der Waals surface area contributed by atoms with Gasteiger partial charge in [0.15, 0.2) is 0 Å². The molecule has 0 spiro atoms. The highest BCUT2D eigenvalue weighted by Crippen LogP contribution is 2.10. The third-order valence-corrected chi connectivity index (χ3v) is 0.870. The maximum atomic E-state index is 8.73. The monoisotopic (exact) mass is 126 g/mol. The molecule has 0 aliphatic carbocycles. The minimum absolute atomic E-state index is 0. The van der Waals surface area contributed by atoms with Crippen LogP contribution in [0.4, 0.5) is 5.69 Å². The van der Waals surface area contributed by atoms with Gasteiger partial charge in [-0.25, -0.2) is 0 Å². The predicted molar refractivity (Wildman–Crippen MR) is 37.5 cm³/mol. The molecule has 0 fully saturated rings. The van der Waals surface area contributed by atoms with Crippen LogP contribution < -0.4 is 11.9 Å². The van der Waals surface area contributed by atoms with Crippen LogP contribution in [0.5, 0.6) is 5.75 Å². The summed E-state index contributed by atoms with van der Waals surface area (Å²) in [6.45, 7) is 0. The SMILES string of the molecule is N.Nc1cccc(O)c1. The molecule has 0 amide bonds. The number of phenolic OH excluding ortho intramolecular Hbond substituents is 1. The molecule has 0 heterocycles. The molecular weight excluding hydrogens is 116 g/mol. The van der Waals surface area contributed by atoms with Gasteiger partial charge in [0.1, 0.15) is 5.75 Å². The van der Waals surface area contributed by atoms with Gasteiger partial charge >= 0.3 is 0 Å². The van der Waals surface area contributed by atoms with Gasteiger partial charge in [-0.05, 0) is 12.1 Å². The van der Waals surface area contributed by atoms with Crippen molar-refractivity contribution in [2.24, 2.45) is 0 Å². The molecule has 1 aromatic carbocycles. The second-order valence-electron chi connectivity index (χ2n) is 1.59. The molecule has 0 aliphatic heterocycles. The van der Waals surface area contributed by atoms with E-state index in [1.165, 1.54) is 6.07 Å². The molecule has 0 aromatic heterocycles. The van der Waals surface area contributed by atoms with Crippen LogP contribution in [-0.4, -0.2) is 5.11 Å². The molecule has 9 heavy (non-hydrogen) atoms. The lowest BCUT2D eigenvalue weighted by atomic mass is 10.3. The Bertz CT molecular complexity index is 171. The van der Waals surface area contributed by atoms with E-state index in [9.17, 15) is 0 Å². The zero-order chi connectivity index (χ0) is 5.98. The number of hydrogen-bond acceptors (Lipinski definition) is 3. The Morgan fingerprint density at radius 3 is 2.33 bits per heavy atom. The number of anilines is 1. The van der Waals surface area contributed by atoms with E-state index in [0.717, 1.165) is 0 Å². The van der Waals surface area contributed by atoms with Crippen LogP contribution in [0.3, 0.4) is 0 Å². The number of phenols is 1. The number of benzene rings is 1. The van der Waals surface area contributed by atoms with E-state index in [2.05, 4.69) is 0 Å².